The fourth-order valence-electron chi connectivity index (χ4n) is 7.80. The molecule has 0 aliphatic carbocycles. The monoisotopic (exact) mass is 792 g/mol. The fourth-order valence-corrected chi connectivity index (χ4v) is 7.80. The van der Waals surface area contributed by atoms with Crippen LogP contribution in [-0.2, 0) is 19.1 Å². The highest BCUT2D eigenvalue weighted by Crippen LogP contribution is 2.22. The molecule has 2 atom stereocenters. The minimum absolute atomic E-state index is 0.0273. The van der Waals surface area contributed by atoms with Gasteiger partial charge in [0.15, 0.2) is 0 Å². The minimum Gasteiger partial charge on any atom is -0.465 e. The summed E-state index contributed by atoms with van der Waals surface area (Å²) < 4.78 is 11.7. The first-order valence-electron chi connectivity index (χ1n) is 24.8. The molecule has 0 radical (unpaired) electrons. The van der Waals surface area contributed by atoms with Gasteiger partial charge < -0.3 is 19.5 Å². The molecule has 6 heteroatoms. The largest absolute Gasteiger partial charge is 0.465 e. The molecular formula is C50H97NO5. The smallest absolute Gasteiger partial charge is 0.308 e. The summed E-state index contributed by atoms with van der Waals surface area (Å²) in [6, 6.07) is 0. The van der Waals surface area contributed by atoms with E-state index in [2.05, 4.69) is 44.7 Å². The Bertz CT molecular complexity index is 847. The maximum atomic E-state index is 13.0. The van der Waals surface area contributed by atoms with Gasteiger partial charge in [-0.2, -0.15) is 0 Å². The number of hydrogen-bond acceptors (Lipinski definition) is 6. The zero-order valence-electron chi connectivity index (χ0n) is 38.1. The van der Waals surface area contributed by atoms with Gasteiger partial charge in [0.2, 0.25) is 0 Å². The fraction of sp³-hybridized carbons (Fsp3) is 0.920. The van der Waals surface area contributed by atoms with Gasteiger partial charge in [0, 0.05) is 6.61 Å². The van der Waals surface area contributed by atoms with Crippen LogP contribution in [0.15, 0.2) is 12.2 Å². The molecule has 0 bridgehead atoms. The number of unbranched alkanes of at least 4 members (excludes halogenated alkanes) is 22. The topological polar surface area (TPSA) is 76.1 Å². The Labute approximate surface area is 349 Å². The van der Waals surface area contributed by atoms with E-state index in [9.17, 15) is 14.7 Å². The lowest BCUT2D eigenvalue weighted by Gasteiger charge is -2.22. The number of nitrogens with zero attached hydrogens (tertiary/aromatic N) is 1. The first-order chi connectivity index (χ1) is 27.5. The number of esters is 2. The van der Waals surface area contributed by atoms with Gasteiger partial charge in [-0.1, -0.05) is 181 Å². The van der Waals surface area contributed by atoms with Crippen molar-refractivity contribution in [1.29, 1.82) is 0 Å². The second-order valence-corrected chi connectivity index (χ2v) is 17.0. The highest BCUT2D eigenvalue weighted by atomic mass is 16.5. The maximum Gasteiger partial charge on any atom is 0.308 e. The number of aliphatic hydroxyl groups excluding tert-OH is 1. The van der Waals surface area contributed by atoms with Crippen molar-refractivity contribution in [2.45, 2.75) is 246 Å². The summed E-state index contributed by atoms with van der Waals surface area (Å²) in [5.41, 5.74) is 0. The average molecular weight is 792 g/mol. The first-order valence-corrected chi connectivity index (χ1v) is 24.8. The van der Waals surface area contributed by atoms with Crippen LogP contribution in [0, 0.1) is 11.8 Å². The third kappa shape index (κ3) is 36.9. The zero-order chi connectivity index (χ0) is 41.0. The third-order valence-electron chi connectivity index (χ3n) is 11.6. The van der Waals surface area contributed by atoms with E-state index in [4.69, 9.17) is 9.47 Å². The van der Waals surface area contributed by atoms with Crippen molar-refractivity contribution < 1.29 is 24.2 Å². The van der Waals surface area contributed by atoms with E-state index in [0.29, 0.717) is 19.8 Å². The van der Waals surface area contributed by atoms with Gasteiger partial charge in [-0.25, -0.2) is 0 Å². The second-order valence-electron chi connectivity index (χ2n) is 17.0. The predicted molar refractivity (Wildman–Crippen MR) is 241 cm³/mol. The van der Waals surface area contributed by atoms with Crippen molar-refractivity contribution >= 4 is 11.9 Å². The van der Waals surface area contributed by atoms with Crippen LogP contribution in [0.4, 0.5) is 0 Å². The lowest BCUT2D eigenvalue weighted by Crippen LogP contribution is -2.27. The molecule has 56 heavy (non-hydrogen) atoms. The number of ether oxygens (including phenoxy) is 2. The predicted octanol–water partition coefficient (Wildman–Crippen LogP) is 14.5. The van der Waals surface area contributed by atoms with Crippen LogP contribution >= 0.6 is 0 Å². The molecule has 0 aromatic rings. The Kier molecular flexibility index (Phi) is 43.6. The average Bonchev–Trinajstić information content (AvgIpc) is 3.20. The summed E-state index contributed by atoms with van der Waals surface area (Å²) in [5, 5.41) is 9.17. The molecule has 0 rings (SSSR count). The van der Waals surface area contributed by atoms with Crippen LogP contribution in [0.2, 0.25) is 0 Å². The molecule has 0 aliphatic rings. The van der Waals surface area contributed by atoms with Gasteiger partial charge in [-0.3, -0.25) is 9.59 Å². The van der Waals surface area contributed by atoms with Crippen LogP contribution in [-0.4, -0.2) is 61.4 Å². The van der Waals surface area contributed by atoms with E-state index in [1.807, 2.05) is 0 Å². The van der Waals surface area contributed by atoms with Crippen molar-refractivity contribution in [3.8, 4) is 0 Å². The van der Waals surface area contributed by atoms with Crippen molar-refractivity contribution in [3.05, 3.63) is 12.2 Å². The second kappa shape index (κ2) is 44.7. The number of carbonyl (C=O) groups excluding carboxylic acids is 2. The molecule has 0 saturated heterocycles. The van der Waals surface area contributed by atoms with E-state index < -0.39 is 0 Å². The minimum atomic E-state index is 0.0273. The zero-order valence-corrected chi connectivity index (χ0v) is 38.1. The Hall–Kier alpha value is -1.40. The van der Waals surface area contributed by atoms with Crippen LogP contribution in [0.25, 0.3) is 0 Å². The van der Waals surface area contributed by atoms with Gasteiger partial charge in [0.25, 0.3) is 0 Å². The van der Waals surface area contributed by atoms with Crippen LogP contribution < -0.4 is 0 Å². The summed E-state index contributed by atoms with van der Waals surface area (Å²) in [7, 11) is 0. The summed E-state index contributed by atoms with van der Waals surface area (Å²) in [6.45, 7) is 13.7. The summed E-state index contributed by atoms with van der Waals surface area (Å²) in [4.78, 5) is 28.6. The van der Waals surface area contributed by atoms with E-state index in [1.54, 1.807) is 0 Å². The van der Waals surface area contributed by atoms with E-state index in [0.717, 1.165) is 116 Å². The van der Waals surface area contributed by atoms with E-state index in [-0.39, 0.29) is 23.8 Å². The SMILES string of the molecule is CC/C=C/CCC(CCCCCCCC)C(=O)OCCCCCCN(CCCCCCO)CCCCCCOC(=O)C(CCCCCC)CCCCCCCC. The van der Waals surface area contributed by atoms with Gasteiger partial charge in [-0.05, 0) is 96.7 Å². The molecule has 2 unspecified atom stereocenters. The number of hydrogen-bond donors (Lipinski definition) is 1. The Balaban J connectivity index is 4.50. The van der Waals surface area contributed by atoms with E-state index >= 15 is 0 Å². The molecule has 0 amide bonds. The Morgan fingerprint density at radius 3 is 1.23 bits per heavy atom. The number of aliphatic hydroxyl groups is 1. The number of rotatable bonds is 45. The van der Waals surface area contributed by atoms with Crippen molar-refractivity contribution in [1.82, 2.24) is 4.90 Å². The molecule has 332 valence electrons. The highest BCUT2D eigenvalue weighted by Gasteiger charge is 2.20. The van der Waals surface area contributed by atoms with Crippen LogP contribution in [0.5, 0.6) is 0 Å². The summed E-state index contributed by atoms with van der Waals surface area (Å²) >= 11 is 0. The van der Waals surface area contributed by atoms with Crippen molar-refractivity contribution in [2.24, 2.45) is 11.8 Å². The first kappa shape index (κ1) is 54.6. The molecular weight excluding hydrogens is 695 g/mol. The Morgan fingerprint density at radius 1 is 0.446 bits per heavy atom. The van der Waals surface area contributed by atoms with Gasteiger partial charge in [-0.15, -0.1) is 0 Å². The number of allylic oxidation sites excluding steroid dienone is 2. The third-order valence-corrected chi connectivity index (χ3v) is 11.6. The molecule has 0 saturated carbocycles. The van der Waals surface area contributed by atoms with Gasteiger partial charge >= 0.3 is 11.9 Å². The Morgan fingerprint density at radius 2 is 0.804 bits per heavy atom. The maximum absolute atomic E-state index is 13.0. The van der Waals surface area contributed by atoms with Crippen LogP contribution in [0.1, 0.15) is 246 Å². The molecule has 0 aromatic heterocycles. The molecule has 0 heterocycles. The molecule has 0 fully saturated rings. The molecule has 0 aliphatic heterocycles. The van der Waals surface area contributed by atoms with Gasteiger partial charge in [0.05, 0.1) is 25.0 Å². The molecule has 0 spiro atoms. The summed E-state index contributed by atoms with van der Waals surface area (Å²) in [6.07, 6.45) is 43.6. The number of carbonyl (C=O) groups is 2. The quantitative estimate of drug-likeness (QED) is 0.0376. The van der Waals surface area contributed by atoms with Crippen molar-refractivity contribution in [3.63, 3.8) is 0 Å². The lowest BCUT2D eigenvalue weighted by atomic mass is 9.94. The molecule has 0 aromatic carbocycles. The van der Waals surface area contributed by atoms with Gasteiger partial charge in [0.1, 0.15) is 0 Å². The lowest BCUT2D eigenvalue weighted by molar-refractivity contribution is -0.150. The normalized spacial score (nSPS) is 12.8. The van der Waals surface area contributed by atoms with E-state index in [1.165, 1.54) is 122 Å². The highest BCUT2D eigenvalue weighted by molar-refractivity contribution is 5.72. The summed E-state index contributed by atoms with van der Waals surface area (Å²) in [5.74, 6) is 0.220. The molecule has 6 nitrogen and oxygen atoms in total. The standard InChI is InChI=1S/C50H97NO5/c1-5-9-13-17-19-29-39-47(37-27-15-11-7-3)49(53)55-45-35-25-22-32-42-51(41-31-21-24-34-44-52)43-33-23-26-36-46-56-50(54)48(38-28-16-12-8-4)40-30-20-18-14-10-6-2/h11,15,47-48,52H,5-10,12-14,16-46H2,1-4H3/b15-11+. The van der Waals surface area contributed by atoms with Crippen molar-refractivity contribution in [2.75, 3.05) is 39.5 Å². The molecule has 1 N–H and O–H groups in total. The van der Waals surface area contributed by atoms with Crippen LogP contribution in [0.3, 0.4) is 0 Å².